The summed E-state index contributed by atoms with van der Waals surface area (Å²) in [6, 6.07) is 3.96. The van der Waals surface area contributed by atoms with E-state index in [-0.39, 0.29) is 17.0 Å². The van der Waals surface area contributed by atoms with Crippen LogP contribution in [0.4, 0.5) is 0 Å². The summed E-state index contributed by atoms with van der Waals surface area (Å²) in [6.45, 7) is 3.20. The van der Waals surface area contributed by atoms with E-state index >= 15 is 0 Å². The highest BCUT2D eigenvalue weighted by Crippen LogP contribution is 2.16. The third-order valence-electron chi connectivity index (χ3n) is 2.25. The van der Waals surface area contributed by atoms with Gasteiger partial charge in [0.1, 0.15) is 0 Å². The van der Waals surface area contributed by atoms with Gasteiger partial charge in [0, 0.05) is 0 Å². The summed E-state index contributed by atoms with van der Waals surface area (Å²) in [4.78, 5) is 10.8. The first-order chi connectivity index (χ1) is 8.38. The number of rotatable bonds is 4. The van der Waals surface area contributed by atoms with Gasteiger partial charge in [-0.1, -0.05) is 12.0 Å². The molecular formula is C12H13NO4S. The molecule has 18 heavy (non-hydrogen) atoms. The Balaban J connectivity index is 3.17. The van der Waals surface area contributed by atoms with Gasteiger partial charge in [0.2, 0.25) is 10.0 Å². The highest BCUT2D eigenvalue weighted by Gasteiger charge is 2.18. The van der Waals surface area contributed by atoms with Crippen molar-refractivity contribution in [2.45, 2.75) is 18.7 Å². The van der Waals surface area contributed by atoms with Crippen molar-refractivity contribution in [1.29, 1.82) is 0 Å². The van der Waals surface area contributed by atoms with Crippen molar-refractivity contribution in [1.82, 2.24) is 4.72 Å². The van der Waals surface area contributed by atoms with Gasteiger partial charge < -0.3 is 5.11 Å². The Kier molecular flexibility index (Phi) is 4.48. The lowest BCUT2D eigenvalue weighted by atomic mass is 10.1. The van der Waals surface area contributed by atoms with Gasteiger partial charge in [-0.3, -0.25) is 0 Å². The van der Waals surface area contributed by atoms with Gasteiger partial charge in [0.05, 0.1) is 17.0 Å². The molecule has 0 aliphatic rings. The summed E-state index contributed by atoms with van der Waals surface area (Å²) in [7, 11) is -3.74. The molecule has 5 nitrogen and oxygen atoms in total. The van der Waals surface area contributed by atoms with Gasteiger partial charge in [-0.15, -0.1) is 5.92 Å². The van der Waals surface area contributed by atoms with Gasteiger partial charge >= 0.3 is 5.97 Å². The highest BCUT2D eigenvalue weighted by molar-refractivity contribution is 7.89. The number of carboxylic acids is 1. The summed E-state index contributed by atoms with van der Waals surface area (Å²) >= 11 is 0. The van der Waals surface area contributed by atoms with Crippen molar-refractivity contribution >= 4 is 16.0 Å². The van der Waals surface area contributed by atoms with E-state index in [0.29, 0.717) is 5.56 Å². The lowest BCUT2D eigenvalue weighted by Crippen LogP contribution is -2.25. The first-order valence-corrected chi connectivity index (χ1v) is 6.60. The lowest BCUT2D eigenvalue weighted by molar-refractivity contribution is 0.0696. The second kappa shape index (κ2) is 5.67. The number of carboxylic acid groups (broad SMARTS) is 1. The van der Waals surface area contributed by atoms with Gasteiger partial charge in [-0.05, 0) is 31.5 Å². The van der Waals surface area contributed by atoms with E-state index in [1.807, 2.05) is 0 Å². The molecular weight excluding hydrogens is 254 g/mol. The third-order valence-corrected chi connectivity index (χ3v) is 3.80. The molecule has 0 bridgehead atoms. The van der Waals surface area contributed by atoms with Crippen molar-refractivity contribution in [3.05, 3.63) is 29.3 Å². The Morgan fingerprint density at radius 3 is 2.67 bits per heavy atom. The quantitative estimate of drug-likeness (QED) is 0.797. The molecule has 0 spiro atoms. The molecule has 0 amide bonds. The van der Waals surface area contributed by atoms with Crippen molar-refractivity contribution in [3.8, 4) is 11.8 Å². The topological polar surface area (TPSA) is 83.5 Å². The van der Waals surface area contributed by atoms with Crippen molar-refractivity contribution in [2.75, 3.05) is 6.54 Å². The number of hydrogen-bond donors (Lipinski definition) is 2. The maximum absolute atomic E-state index is 11.9. The standard InChI is InChI=1S/C12H13NO4S/c1-3-4-7-13-18(16,17)11-8-10(12(14)15)6-5-9(11)2/h5-6,8,13H,7H2,1-2H3,(H,14,15). The molecule has 0 aliphatic heterocycles. The summed E-state index contributed by atoms with van der Waals surface area (Å²) in [6.07, 6.45) is 0. The molecule has 0 atom stereocenters. The van der Waals surface area contributed by atoms with Crippen LogP contribution in [0.1, 0.15) is 22.8 Å². The van der Waals surface area contributed by atoms with Gasteiger partial charge in [0.15, 0.2) is 0 Å². The minimum absolute atomic E-state index is 0.00439. The molecule has 1 rings (SSSR count). The Morgan fingerprint density at radius 2 is 2.11 bits per heavy atom. The van der Waals surface area contributed by atoms with Crippen LogP contribution in [0.25, 0.3) is 0 Å². The molecule has 0 aromatic heterocycles. The molecule has 96 valence electrons. The van der Waals surface area contributed by atoms with Crippen LogP contribution >= 0.6 is 0 Å². The van der Waals surface area contributed by atoms with Crippen LogP contribution in [-0.4, -0.2) is 26.0 Å². The second-order valence-corrected chi connectivity index (χ2v) is 5.27. The fourth-order valence-corrected chi connectivity index (χ4v) is 2.51. The molecule has 0 fully saturated rings. The van der Waals surface area contributed by atoms with Crippen LogP contribution in [0, 0.1) is 18.8 Å². The number of aryl methyl sites for hydroxylation is 1. The summed E-state index contributed by atoms with van der Waals surface area (Å²) in [5, 5.41) is 8.84. The molecule has 0 heterocycles. The minimum atomic E-state index is -3.74. The normalized spacial score (nSPS) is 10.6. The smallest absolute Gasteiger partial charge is 0.335 e. The Labute approximate surface area is 106 Å². The SMILES string of the molecule is CC#CCNS(=O)(=O)c1cc(C(=O)O)ccc1C. The van der Waals surface area contributed by atoms with Crippen LogP contribution < -0.4 is 4.72 Å². The predicted molar refractivity (Wildman–Crippen MR) is 66.8 cm³/mol. The largest absolute Gasteiger partial charge is 0.478 e. The molecule has 0 radical (unpaired) electrons. The van der Waals surface area contributed by atoms with Crippen LogP contribution in [-0.2, 0) is 10.0 Å². The first-order valence-electron chi connectivity index (χ1n) is 5.11. The van der Waals surface area contributed by atoms with Gasteiger partial charge in [-0.2, -0.15) is 4.72 Å². The number of benzene rings is 1. The number of sulfonamides is 1. The average Bonchev–Trinajstić information content (AvgIpc) is 2.29. The molecule has 0 unspecified atom stereocenters. The average molecular weight is 267 g/mol. The molecule has 1 aromatic carbocycles. The fraction of sp³-hybridized carbons (Fsp3) is 0.250. The van der Waals surface area contributed by atoms with Crippen molar-refractivity contribution < 1.29 is 18.3 Å². The molecule has 0 saturated carbocycles. The predicted octanol–water partition coefficient (Wildman–Crippen LogP) is 0.995. The van der Waals surface area contributed by atoms with E-state index in [1.165, 1.54) is 12.1 Å². The molecule has 0 aliphatic carbocycles. The van der Waals surface area contributed by atoms with Gasteiger partial charge in [-0.25, -0.2) is 13.2 Å². The van der Waals surface area contributed by atoms with E-state index in [1.54, 1.807) is 13.8 Å². The van der Waals surface area contributed by atoms with Crippen LogP contribution in [0.3, 0.4) is 0 Å². The Morgan fingerprint density at radius 1 is 1.44 bits per heavy atom. The number of nitrogens with one attached hydrogen (secondary N) is 1. The first kappa shape index (κ1) is 14.2. The molecule has 1 aromatic rings. The van der Waals surface area contributed by atoms with Gasteiger partial charge in [0.25, 0.3) is 0 Å². The third kappa shape index (κ3) is 3.32. The van der Waals surface area contributed by atoms with Crippen molar-refractivity contribution in [3.63, 3.8) is 0 Å². The summed E-state index contributed by atoms with van der Waals surface area (Å²) in [5.41, 5.74) is 0.416. The number of hydrogen-bond acceptors (Lipinski definition) is 3. The van der Waals surface area contributed by atoms with E-state index in [9.17, 15) is 13.2 Å². The Hall–Kier alpha value is -1.84. The van der Waals surface area contributed by atoms with E-state index in [4.69, 9.17) is 5.11 Å². The molecule has 0 saturated heterocycles. The maximum Gasteiger partial charge on any atom is 0.335 e. The Bertz CT molecular complexity index is 623. The monoisotopic (exact) mass is 267 g/mol. The zero-order valence-electron chi connectivity index (χ0n) is 10.0. The summed E-state index contributed by atoms with van der Waals surface area (Å²) < 4.78 is 26.2. The zero-order chi connectivity index (χ0) is 13.8. The zero-order valence-corrected chi connectivity index (χ0v) is 10.8. The van der Waals surface area contributed by atoms with Crippen LogP contribution in [0.15, 0.2) is 23.1 Å². The molecule has 2 N–H and O–H groups in total. The fourth-order valence-electron chi connectivity index (χ4n) is 1.32. The minimum Gasteiger partial charge on any atom is -0.478 e. The van der Waals surface area contributed by atoms with E-state index < -0.39 is 16.0 Å². The molecule has 6 heteroatoms. The van der Waals surface area contributed by atoms with E-state index in [0.717, 1.165) is 6.07 Å². The van der Waals surface area contributed by atoms with Crippen molar-refractivity contribution in [2.24, 2.45) is 0 Å². The number of aromatic carboxylic acids is 1. The summed E-state index contributed by atoms with van der Waals surface area (Å²) in [5.74, 6) is 3.97. The lowest BCUT2D eigenvalue weighted by Gasteiger charge is -2.08. The van der Waals surface area contributed by atoms with E-state index in [2.05, 4.69) is 16.6 Å². The van der Waals surface area contributed by atoms with Crippen LogP contribution in [0.2, 0.25) is 0 Å². The highest BCUT2D eigenvalue weighted by atomic mass is 32.2. The number of carbonyl (C=O) groups is 1. The van der Waals surface area contributed by atoms with Crippen LogP contribution in [0.5, 0.6) is 0 Å². The maximum atomic E-state index is 11.9. The second-order valence-electron chi connectivity index (χ2n) is 3.54.